The van der Waals surface area contributed by atoms with E-state index < -0.39 is 335 Å². The summed E-state index contributed by atoms with van der Waals surface area (Å²) in [6, 6.07) is -13.9. The zero-order valence-corrected chi connectivity index (χ0v) is 78.7. The van der Waals surface area contributed by atoms with Crippen LogP contribution in [-0.2, 0) is 130 Å². The Balaban J connectivity index is 1.33. The lowest BCUT2D eigenvalue weighted by Crippen LogP contribution is -2.62. The summed E-state index contributed by atoms with van der Waals surface area (Å²) in [5.74, 6) is -27.5. The number of hydrogen-bond donors (Lipinski definition) is 30. The van der Waals surface area contributed by atoms with Crippen molar-refractivity contribution in [3.63, 3.8) is 0 Å². The van der Waals surface area contributed by atoms with Gasteiger partial charge in [0.15, 0.2) is 5.96 Å². The number of aromatic hydroxyl groups is 1. The fourth-order valence-electron chi connectivity index (χ4n) is 14.9. The van der Waals surface area contributed by atoms with Crippen LogP contribution < -0.4 is 114 Å². The number of likely N-dealkylation sites (tertiary alicyclic amines) is 2. The number of amides is 19. The number of phenolic OH excluding ortho intramolecular Hbond substituents is 1. The monoisotopic (exact) mass is 2020 g/mol. The van der Waals surface area contributed by atoms with Crippen molar-refractivity contribution in [2.75, 3.05) is 45.9 Å². The number of aromatic nitrogens is 2. The van der Waals surface area contributed by atoms with Crippen molar-refractivity contribution >= 4 is 142 Å². The predicted octanol–water partition coefficient (Wildman–Crippen LogP) is -11.4. The molecule has 0 radical (unpaired) electrons. The van der Waals surface area contributed by atoms with E-state index in [1.807, 2.05) is 0 Å². The molecule has 143 heavy (non-hydrogen) atoms. The third-order valence-corrected chi connectivity index (χ3v) is 22.5. The van der Waals surface area contributed by atoms with Crippen molar-refractivity contribution in [2.45, 2.75) is 258 Å². The Labute approximate surface area is 817 Å². The van der Waals surface area contributed by atoms with Gasteiger partial charge in [0, 0.05) is 76.5 Å². The second kappa shape index (κ2) is 59.7. The lowest BCUT2D eigenvalue weighted by Gasteiger charge is -2.31. The Bertz CT molecular complexity index is 4970. The number of rotatable bonds is 63. The van der Waals surface area contributed by atoms with Gasteiger partial charge in [0.05, 0.1) is 44.6 Å². The van der Waals surface area contributed by atoms with Crippen LogP contribution in [0.2, 0.25) is 0 Å². The largest absolute Gasteiger partial charge is 0.508 e. The first kappa shape index (κ1) is 118. The summed E-state index contributed by atoms with van der Waals surface area (Å²) in [5, 5.41) is 116. The maximum atomic E-state index is 14.9. The average Bonchev–Trinajstić information content (AvgIpc) is 1.72. The van der Waals surface area contributed by atoms with Crippen LogP contribution >= 0.6 is 0 Å². The average molecular weight is 2020 g/mol. The molecule has 2 aromatic carbocycles. The number of imidazole rings is 1. The molecule has 0 spiro atoms. The number of aliphatic carboxylic acids is 4. The van der Waals surface area contributed by atoms with Gasteiger partial charge in [0.1, 0.15) is 96.4 Å². The number of nitrogens with zero attached hydrogens (tertiary/aromatic N) is 3. The number of aliphatic hydroxyl groups is 2. The third-order valence-electron chi connectivity index (χ3n) is 22.5. The van der Waals surface area contributed by atoms with Crippen molar-refractivity contribution in [1.29, 1.82) is 5.41 Å². The summed E-state index contributed by atoms with van der Waals surface area (Å²) < 4.78 is 0. The van der Waals surface area contributed by atoms with Crippen LogP contribution in [0.1, 0.15) is 153 Å². The number of primary amides is 2. The molecule has 2 saturated heterocycles. The van der Waals surface area contributed by atoms with Gasteiger partial charge in [-0.15, -0.1) is 0 Å². The Morgan fingerprint density at radius 1 is 0.448 bits per heavy atom. The first-order valence-corrected chi connectivity index (χ1v) is 45.8. The van der Waals surface area contributed by atoms with Crippen LogP contribution in [0.25, 0.3) is 0 Å². The molecule has 35 N–H and O–H groups in total. The Morgan fingerprint density at radius 3 is 1.36 bits per heavy atom. The zero-order chi connectivity index (χ0) is 106. The van der Waals surface area contributed by atoms with Crippen LogP contribution in [0.15, 0.2) is 67.1 Å². The summed E-state index contributed by atoms with van der Waals surface area (Å²) in [4.78, 5) is 320. The molecule has 0 aliphatic carbocycles. The lowest BCUT2D eigenvalue weighted by atomic mass is 10.0. The molecule has 1 aromatic heterocycles. The lowest BCUT2D eigenvalue weighted by molar-refractivity contribution is -0.146. The van der Waals surface area contributed by atoms with E-state index in [2.05, 4.69) is 95.0 Å². The normalized spacial score (nSPS) is 16.3. The van der Waals surface area contributed by atoms with Crippen molar-refractivity contribution in [2.24, 2.45) is 28.7 Å². The van der Waals surface area contributed by atoms with E-state index in [0.29, 0.717) is 18.4 Å². The quantitative estimate of drug-likeness (QED) is 0.0142. The van der Waals surface area contributed by atoms with Gasteiger partial charge in [-0.1, -0.05) is 42.5 Å². The Kier molecular flexibility index (Phi) is 49.2. The van der Waals surface area contributed by atoms with Gasteiger partial charge in [-0.25, -0.2) is 9.78 Å². The van der Waals surface area contributed by atoms with Gasteiger partial charge in [0.25, 0.3) is 0 Å². The molecule has 786 valence electrons. The van der Waals surface area contributed by atoms with Gasteiger partial charge in [-0.2, -0.15) is 0 Å². The summed E-state index contributed by atoms with van der Waals surface area (Å²) >= 11 is 0. The molecule has 19 amide bonds. The number of nitrogens with one attached hydrogen (secondary N) is 18. The number of carbonyl (C=O) groups excluding carboxylic acids is 19. The van der Waals surface area contributed by atoms with Gasteiger partial charge in [0.2, 0.25) is 112 Å². The number of H-pyrrole nitrogens is 1. The van der Waals surface area contributed by atoms with Crippen molar-refractivity contribution in [3.05, 3.63) is 83.9 Å². The standard InChI is InChI=1S/C87H128N26O30/c1-43(89)71(127)102-51(24-28-67(121)122)74(130)97-39-65(119)100-52(25-29-68(123)124)75(131)107-57(34-46-12-5-4-6-13-46)79(135)111-70(45(3)115)83(139)105-54(23-27-64(91)118)84(140)112-32-11-17-62(112)82(138)104-50(15-9-31-95-87(92)93)73(129)96-40-66(120)101-58(36-48-38-94-42-98-48)78(134)110-60(41-114)80(136)108-56(35-47-18-20-49(116)21-19-47)77(133)103-53(22-26-63(90)117)76(132)109-59(37-69(125)126)85(141)113-33-10-16-61(113)81(137)99-44(2)72(128)106-55(86(142)143)14-7-8-30-88/h4-6,12-13,18-21,38,42-45,50-62,70,114-116H,7-11,14-17,22-37,39-41,88-89H2,1-3H3,(H2,90,117)(H2,91,118)(H,94,98)(H,96,129)(H,97,130)(H,99,137)(H,100,119)(H,101,120)(H,102,127)(H,103,133)(H,104,138)(H,105,139)(H,106,128)(H,107,131)(H,108,136)(H,109,132)(H,110,134)(H,111,135)(H,121,122)(H,123,124)(H,125,126)(H,142,143)(H4,92,93,95)/t43-,44-,45+,50-,51-,52-,53-,54-,55-,56-,57-,58-,59-,60-,61-,62-,70-/m0/s1. The highest BCUT2D eigenvalue weighted by atomic mass is 16.4. The van der Waals surface area contributed by atoms with Crippen LogP contribution in [0.4, 0.5) is 0 Å². The SMILES string of the molecule is C[C@H](N)C(=O)N[C@@H](CCC(=O)O)C(=O)NCC(=O)N[C@@H](CCC(=O)O)C(=O)N[C@@H](Cc1ccccc1)C(=O)N[C@H](C(=O)N[C@@H](CCC(N)=O)C(=O)N1CCC[C@H]1C(=O)N[C@@H](CCCNC(=N)N)C(=O)NCC(=O)N[C@@H](Cc1cnc[nH]1)C(=O)N[C@@H](CO)C(=O)N[C@@H](Cc1ccc(O)cc1)C(=O)N[C@@H](CCC(N)=O)C(=O)N[C@@H](CC(=O)O)C(=O)N1CCC[C@H]1C(=O)N[C@@H](C)C(=O)N[C@@H](CCCCN)C(=O)O)[C@@H](C)O. The number of unbranched alkanes of at least 4 members (excludes halogenated alkanes) is 1. The van der Waals surface area contributed by atoms with Crippen LogP contribution in [0, 0.1) is 5.41 Å². The van der Waals surface area contributed by atoms with Crippen molar-refractivity contribution in [1.82, 2.24) is 105 Å². The molecule has 5 rings (SSSR count). The summed E-state index contributed by atoms with van der Waals surface area (Å²) in [7, 11) is 0. The van der Waals surface area contributed by atoms with Crippen molar-refractivity contribution in [3.8, 4) is 5.75 Å². The number of phenols is 1. The van der Waals surface area contributed by atoms with E-state index >= 15 is 0 Å². The molecule has 2 fully saturated rings. The maximum absolute atomic E-state index is 14.9. The zero-order valence-electron chi connectivity index (χ0n) is 78.7. The van der Waals surface area contributed by atoms with E-state index in [1.54, 1.807) is 18.2 Å². The number of carboxylic acids is 4. The highest BCUT2D eigenvalue weighted by Gasteiger charge is 2.45. The number of nitrogens with two attached hydrogens (primary N) is 5. The minimum atomic E-state index is -2.03. The number of hydrogen-bond acceptors (Lipinski definition) is 30. The Hall–Kier alpha value is -15.6. The Morgan fingerprint density at radius 2 is 0.874 bits per heavy atom. The molecule has 56 heteroatoms. The molecule has 0 unspecified atom stereocenters. The molecular weight excluding hydrogens is 1890 g/mol. The molecule has 17 atom stereocenters. The highest BCUT2D eigenvalue weighted by molar-refractivity contribution is 6.02. The smallest absolute Gasteiger partial charge is 0.326 e. The fraction of sp³-hybridized carbons (Fsp3) is 0.552. The summed E-state index contributed by atoms with van der Waals surface area (Å²) in [5.41, 5.74) is 28.3. The van der Waals surface area contributed by atoms with E-state index in [0.717, 1.165) is 16.7 Å². The maximum Gasteiger partial charge on any atom is 0.326 e. The third kappa shape index (κ3) is 41.4. The van der Waals surface area contributed by atoms with Gasteiger partial charge in [-0.3, -0.25) is 111 Å². The fourth-order valence-corrected chi connectivity index (χ4v) is 14.9. The number of aromatic amines is 1. The van der Waals surface area contributed by atoms with Crippen LogP contribution in [0.5, 0.6) is 5.75 Å². The molecule has 3 aromatic rings. The summed E-state index contributed by atoms with van der Waals surface area (Å²) in [6.07, 6.45) is -6.24. The van der Waals surface area contributed by atoms with Crippen molar-refractivity contribution < 1.29 is 146 Å². The number of carboxylic acid groups (broad SMARTS) is 4. The molecule has 3 heterocycles. The molecule has 56 nitrogen and oxygen atoms in total. The number of benzene rings is 2. The molecular formula is C87H128N26O30. The minimum Gasteiger partial charge on any atom is -0.508 e. The van der Waals surface area contributed by atoms with Gasteiger partial charge in [-0.05, 0) is 134 Å². The molecule has 2 aliphatic rings. The minimum absolute atomic E-state index is 0.0147. The van der Waals surface area contributed by atoms with E-state index in [9.17, 15) is 146 Å². The van der Waals surface area contributed by atoms with E-state index in [-0.39, 0.29) is 94.6 Å². The molecule has 2 aliphatic heterocycles. The number of carbonyl (C=O) groups is 23. The topological polar surface area (TPSA) is 916 Å². The predicted molar refractivity (Wildman–Crippen MR) is 495 cm³/mol. The van der Waals surface area contributed by atoms with E-state index in [4.69, 9.17) is 34.1 Å². The summed E-state index contributed by atoms with van der Waals surface area (Å²) in [6.45, 7) is 0.209. The van der Waals surface area contributed by atoms with Gasteiger partial charge >= 0.3 is 23.9 Å². The van der Waals surface area contributed by atoms with Crippen LogP contribution in [-0.4, -0.2) is 346 Å². The second-order valence-electron chi connectivity index (χ2n) is 34.0. The van der Waals surface area contributed by atoms with Gasteiger partial charge < -0.3 is 164 Å². The first-order chi connectivity index (χ1) is 67.6. The first-order valence-electron chi connectivity index (χ1n) is 45.8. The highest BCUT2D eigenvalue weighted by Crippen LogP contribution is 2.24. The molecule has 0 bridgehead atoms. The number of aliphatic hydroxyl groups excluding tert-OH is 2. The van der Waals surface area contributed by atoms with E-state index in [1.165, 1.54) is 62.8 Å². The number of guanidine groups is 1. The second-order valence-corrected chi connectivity index (χ2v) is 34.0. The molecule has 0 saturated carbocycles. The van der Waals surface area contributed by atoms with Crippen LogP contribution in [0.3, 0.4) is 0 Å².